The molecule has 1 heterocycles. The van der Waals surface area contributed by atoms with E-state index in [1.807, 2.05) is 6.92 Å². The number of hydrogen-bond acceptors (Lipinski definition) is 3. The summed E-state index contributed by atoms with van der Waals surface area (Å²) in [7, 11) is 0. The summed E-state index contributed by atoms with van der Waals surface area (Å²) in [5, 5.41) is 2.84. The molecular formula is C15H20FNO3. The van der Waals surface area contributed by atoms with Crippen LogP contribution in [0.4, 0.5) is 4.39 Å². The van der Waals surface area contributed by atoms with Crippen molar-refractivity contribution in [2.24, 2.45) is 0 Å². The molecule has 5 heteroatoms. The molecule has 1 saturated heterocycles. The van der Waals surface area contributed by atoms with E-state index in [9.17, 15) is 9.18 Å². The zero-order chi connectivity index (χ0) is 14.4. The van der Waals surface area contributed by atoms with E-state index in [1.54, 1.807) is 0 Å². The van der Waals surface area contributed by atoms with Gasteiger partial charge in [0.2, 0.25) is 0 Å². The van der Waals surface area contributed by atoms with Crippen molar-refractivity contribution in [1.29, 1.82) is 0 Å². The number of hydrogen-bond donors (Lipinski definition) is 1. The average molecular weight is 281 g/mol. The SMILES string of the molecule is CC[C@@H](Oc1ccc(F)cc1)C(=O)NC[C@H]1CCCO1. The van der Waals surface area contributed by atoms with Gasteiger partial charge >= 0.3 is 0 Å². The molecule has 0 radical (unpaired) electrons. The Balaban J connectivity index is 1.83. The summed E-state index contributed by atoms with van der Waals surface area (Å²) in [6.45, 7) is 3.16. The van der Waals surface area contributed by atoms with Crippen LogP contribution in [0.2, 0.25) is 0 Å². The second-order valence-electron chi connectivity index (χ2n) is 4.85. The summed E-state index contributed by atoms with van der Waals surface area (Å²) in [5.74, 6) is 0.00562. The van der Waals surface area contributed by atoms with Gasteiger partial charge in [-0.15, -0.1) is 0 Å². The van der Waals surface area contributed by atoms with Crippen molar-refractivity contribution >= 4 is 5.91 Å². The molecular weight excluding hydrogens is 261 g/mol. The van der Waals surface area contributed by atoms with Crippen LogP contribution in [0.25, 0.3) is 0 Å². The number of carbonyl (C=O) groups excluding carboxylic acids is 1. The quantitative estimate of drug-likeness (QED) is 0.870. The van der Waals surface area contributed by atoms with Gasteiger partial charge in [0, 0.05) is 13.2 Å². The van der Waals surface area contributed by atoms with Gasteiger partial charge in [-0.05, 0) is 43.5 Å². The van der Waals surface area contributed by atoms with Gasteiger partial charge < -0.3 is 14.8 Å². The molecule has 0 saturated carbocycles. The van der Waals surface area contributed by atoms with Crippen molar-refractivity contribution in [3.05, 3.63) is 30.1 Å². The van der Waals surface area contributed by atoms with Crippen molar-refractivity contribution in [2.45, 2.75) is 38.4 Å². The second-order valence-corrected chi connectivity index (χ2v) is 4.85. The minimum Gasteiger partial charge on any atom is -0.481 e. The first-order valence-corrected chi connectivity index (χ1v) is 7.00. The standard InChI is InChI=1S/C15H20FNO3/c1-2-14(20-12-7-5-11(16)6-8-12)15(18)17-10-13-4-3-9-19-13/h5-8,13-14H,2-4,9-10H2,1H3,(H,17,18)/t13-,14-/m1/s1. The molecule has 1 aromatic carbocycles. The number of amides is 1. The normalized spacial score (nSPS) is 19.6. The maximum Gasteiger partial charge on any atom is 0.261 e. The zero-order valence-electron chi connectivity index (χ0n) is 11.6. The van der Waals surface area contributed by atoms with Crippen LogP contribution in [-0.4, -0.2) is 31.3 Å². The largest absolute Gasteiger partial charge is 0.481 e. The van der Waals surface area contributed by atoms with Crippen LogP contribution in [0.1, 0.15) is 26.2 Å². The van der Waals surface area contributed by atoms with Gasteiger partial charge in [0.25, 0.3) is 5.91 Å². The van der Waals surface area contributed by atoms with Crippen LogP contribution >= 0.6 is 0 Å². The van der Waals surface area contributed by atoms with E-state index in [0.717, 1.165) is 19.4 Å². The number of ether oxygens (including phenoxy) is 2. The lowest BCUT2D eigenvalue weighted by atomic mass is 10.2. The fourth-order valence-electron chi connectivity index (χ4n) is 2.13. The number of rotatable bonds is 6. The lowest BCUT2D eigenvalue weighted by Crippen LogP contribution is -2.41. The van der Waals surface area contributed by atoms with Gasteiger partial charge in [0.05, 0.1) is 6.10 Å². The molecule has 0 bridgehead atoms. The summed E-state index contributed by atoms with van der Waals surface area (Å²) in [4.78, 5) is 12.0. The Bertz CT molecular complexity index is 429. The smallest absolute Gasteiger partial charge is 0.261 e. The zero-order valence-corrected chi connectivity index (χ0v) is 11.6. The third kappa shape index (κ3) is 4.20. The number of benzene rings is 1. The molecule has 1 aromatic rings. The summed E-state index contributed by atoms with van der Waals surface area (Å²) < 4.78 is 23.8. The Morgan fingerprint density at radius 2 is 2.25 bits per heavy atom. The first-order chi connectivity index (χ1) is 9.69. The van der Waals surface area contributed by atoms with E-state index >= 15 is 0 Å². The number of nitrogens with one attached hydrogen (secondary N) is 1. The van der Waals surface area contributed by atoms with Crippen molar-refractivity contribution in [1.82, 2.24) is 5.32 Å². The Hall–Kier alpha value is -1.62. The van der Waals surface area contributed by atoms with Gasteiger partial charge in [-0.3, -0.25) is 4.79 Å². The van der Waals surface area contributed by atoms with Crippen molar-refractivity contribution < 1.29 is 18.7 Å². The molecule has 2 atom stereocenters. The third-order valence-electron chi connectivity index (χ3n) is 3.28. The van der Waals surface area contributed by atoms with Crippen LogP contribution in [-0.2, 0) is 9.53 Å². The number of carbonyl (C=O) groups is 1. The first kappa shape index (κ1) is 14.8. The first-order valence-electron chi connectivity index (χ1n) is 7.00. The topological polar surface area (TPSA) is 47.6 Å². The molecule has 20 heavy (non-hydrogen) atoms. The Labute approximate surface area is 118 Å². The van der Waals surface area contributed by atoms with E-state index in [-0.39, 0.29) is 17.8 Å². The lowest BCUT2D eigenvalue weighted by Gasteiger charge is -2.18. The van der Waals surface area contributed by atoms with E-state index < -0.39 is 6.10 Å². The molecule has 1 fully saturated rings. The summed E-state index contributed by atoms with van der Waals surface area (Å²) in [5.41, 5.74) is 0. The van der Waals surface area contributed by atoms with Gasteiger partial charge in [0.1, 0.15) is 11.6 Å². The fraction of sp³-hybridized carbons (Fsp3) is 0.533. The highest BCUT2D eigenvalue weighted by Gasteiger charge is 2.21. The van der Waals surface area contributed by atoms with Crippen molar-refractivity contribution in [3.8, 4) is 5.75 Å². The molecule has 1 amide bonds. The average Bonchev–Trinajstić information content (AvgIpc) is 2.97. The molecule has 4 nitrogen and oxygen atoms in total. The predicted molar refractivity (Wildman–Crippen MR) is 73.1 cm³/mol. The molecule has 110 valence electrons. The van der Waals surface area contributed by atoms with E-state index in [2.05, 4.69) is 5.32 Å². The van der Waals surface area contributed by atoms with Gasteiger partial charge in [-0.25, -0.2) is 4.39 Å². The Morgan fingerprint density at radius 1 is 1.50 bits per heavy atom. The Kier molecular flexibility index (Phi) is 5.35. The fourth-order valence-corrected chi connectivity index (χ4v) is 2.13. The van der Waals surface area contributed by atoms with Gasteiger partial charge in [-0.2, -0.15) is 0 Å². The highest BCUT2D eigenvalue weighted by atomic mass is 19.1. The molecule has 2 rings (SSSR count). The molecule has 0 unspecified atom stereocenters. The van der Waals surface area contributed by atoms with Crippen molar-refractivity contribution in [2.75, 3.05) is 13.2 Å². The van der Waals surface area contributed by atoms with Crippen LogP contribution in [0.3, 0.4) is 0 Å². The van der Waals surface area contributed by atoms with Crippen LogP contribution in [0.5, 0.6) is 5.75 Å². The maximum absolute atomic E-state index is 12.8. The summed E-state index contributed by atoms with van der Waals surface area (Å²) >= 11 is 0. The molecule has 0 aliphatic carbocycles. The Morgan fingerprint density at radius 3 is 2.85 bits per heavy atom. The lowest BCUT2D eigenvalue weighted by molar-refractivity contribution is -0.128. The van der Waals surface area contributed by atoms with Crippen molar-refractivity contribution in [3.63, 3.8) is 0 Å². The van der Waals surface area contributed by atoms with E-state index in [0.29, 0.717) is 18.7 Å². The minimum atomic E-state index is -0.568. The van der Waals surface area contributed by atoms with Crippen LogP contribution < -0.4 is 10.1 Å². The van der Waals surface area contributed by atoms with Gasteiger partial charge in [0.15, 0.2) is 6.10 Å². The molecule has 0 spiro atoms. The third-order valence-corrected chi connectivity index (χ3v) is 3.28. The van der Waals surface area contributed by atoms with Gasteiger partial charge in [-0.1, -0.05) is 6.92 Å². The highest BCUT2D eigenvalue weighted by Crippen LogP contribution is 2.15. The molecule has 1 aliphatic heterocycles. The van der Waals surface area contributed by atoms with E-state index in [1.165, 1.54) is 24.3 Å². The minimum absolute atomic E-state index is 0.113. The summed E-state index contributed by atoms with van der Waals surface area (Å²) in [6.07, 6.45) is 2.12. The monoisotopic (exact) mass is 281 g/mol. The van der Waals surface area contributed by atoms with E-state index in [4.69, 9.17) is 9.47 Å². The molecule has 1 aliphatic rings. The van der Waals surface area contributed by atoms with Crippen LogP contribution in [0.15, 0.2) is 24.3 Å². The predicted octanol–water partition coefficient (Wildman–Crippen LogP) is 2.28. The summed E-state index contributed by atoms with van der Waals surface area (Å²) in [6, 6.07) is 5.66. The second kappa shape index (κ2) is 7.24. The maximum atomic E-state index is 12.8. The van der Waals surface area contributed by atoms with Crippen LogP contribution in [0, 0.1) is 5.82 Å². The number of halogens is 1. The molecule has 1 N–H and O–H groups in total. The molecule has 0 aromatic heterocycles. The highest BCUT2D eigenvalue weighted by molar-refractivity contribution is 5.81.